The van der Waals surface area contributed by atoms with Crippen molar-refractivity contribution < 1.29 is 0 Å². The van der Waals surface area contributed by atoms with Crippen LogP contribution < -0.4 is 5.32 Å². The first-order valence-corrected chi connectivity index (χ1v) is 5.14. The van der Waals surface area contributed by atoms with E-state index in [0.717, 1.165) is 12.5 Å². The number of piperidine rings is 1. The van der Waals surface area contributed by atoms with Gasteiger partial charge in [-0.25, -0.2) is 0 Å². The molecule has 1 nitrogen and oxygen atoms in total. The molecule has 0 aromatic heterocycles. The molecule has 0 aromatic carbocycles. The standard InChI is InChI=1S/C9H17N.C2H6/c1-7(2)9-5-4-6-10-8(9)3;1-2/h7,9-10H,3-6H2,1-2H3;1-2H3. The molecule has 0 aromatic rings. The van der Waals surface area contributed by atoms with Gasteiger partial charge in [-0.05, 0) is 18.8 Å². The highest BCUT2D eigenvalue weighted by atomic mass is 14.9. The van der Waals surface area contributed by atoms with E-state index in [4.69, 9.17) is 0 Å². The highest BCUT2D eigenvalue weighted by Crippen LogP contribution is 2.25. The molecular formula is C11H23N. The van der Waals surface area contributed by atoms with Gasteiger partial charge in [0.05, 0.1) is 0 Å². The van der Waals surface area contributed by atoms with Crippen LogP contribution in [-0.4, -0.2) is 6.54 Å². The van der Waals surface area contributed by atoms with Gasteiger partial charge in [0.1, 0.15) is 0 Å². The molecule has 1 aliphatic heterocycles. The van der Waals surface area contributed by atoms with Crippen LogP contribution in [0.15, 0.2) is 12.3 Å². The van der Waals surface area contributed by atoms with Crippen molar-refractivity contribution >= 4 is 0 Å². The Hall–Kier alpha value is -0.460. The zero-order chi connectivity index (χ0) is 9.56. The predicted octanol–water partition coefficient (Wildman–Crippen LogP) is 3.18. The third-order valence-corrected chi connectivity index (χ3v) is 2.30. The Bertz CT molecular complexity index is 127. The number of rotatable bonds is 1. The summed E-state index contributed by atoms with van der Waals surface area (Å²) in [6.45, 7) is 13.7. The van der Waals surface area contributed by atoms with Crippen molar-refractivity contribution in [3.05, 3.63) is 12.3 Å². The first kappa shape index (κ1) is 11.5. The third-order valence-electron chi connectivity index (χ3n) is 2.30. The van der Waals surface area contributed by atoms with Crippen LogP contribution in [-0.2, 0) is 0 Å². The molecule has 72 valence electrons. The molecule has 1 N–H and O–H groups in total. The van der Waals surface area contributed by atoms with E-state index in [1.165, 1.54) is 18.5 Å². The van der Waals surface area contributed by atoms with Crippen molar-refractivity contribution in [2.75, 3.05) is 6.54 Å². The number of hydrogen-bond donors (Lipinski definition) is 1. The fourth-order valence-corrected chi connectivity index (χ4v) is 1.61. The molecule has 0 aliphatic carbocycles. The summed E-state index contributed by atoms with van der Waals surface area (Å²) < 4.78 is 0. The van der Waals surface area contributed by atoms with Crippen LogP contribution in [0.2, 0.25) is 0 Å². The normalized spacial score (nSPS) is 22.8. The largest absolute Gasteiger partial charge is 0.389 e. The van der Waals surface area contributed by atoms with E-state index in [0.29, 0.717) is 5.92 Å². The number of hydrogen-bond acceptors (Lipinski definition) is 1. The predicted molar refractivity (Wildman–Crippen MR) is 56.1 cm³/mol. The summed E-state index contributed by atoms with van der Waals surface area (Å²) in [7, 11) is 0. The molecule has 1 heteroatoms. The average Bonchev–Trinajstić information content (AvgIpc) is 2.08. The fraction of sp³-hybridized carbons (Fsp3) is 0.818. The van der Waals surface area contributed by atoms with Gasteiger partial charge in [0.2, 0.25) is 0 Å². The topological polar surface area (TPSA) is 12.0 Å². The molecule has 1 fully saturated rings. The monoisotopic (exact) mass is 169 g/mol. The summed E-state index contributed by atoms with van der Waals surface area (Å²) in [5.41, 5.74) is 1.25. The van der Waals surface area contributed by atoms with E-state index in [9.17, 15) is 0 Å². The van der Waals surface area contributed by atoms with Gasteiger partial charge >= 0.3 is 0 Å². The van der Waals surface area contributed by atoms with E-state index in [1.54, 1.807) is 0 Å². The minimum absolute atomic E-state index is 0.716. The summed E-state index contributed by atoms with van der Waals surface area (Å²) in [4.78, 5) is 0. The second kappa shape index (κ2) is 6.10. The minimum Gasteiger partial charge on any atom is -0.389 e. The van der Waals surface area contributed by atoms with Gasteiger partial charge in [-0.3, -0.25) is 0 Å². The fourth-order valence-electron chi connectivity index (χ4n) is 1.61. The second-order valence-electron chi connectivity index (χ2n) is 3.44. The Kier molecular flexibility index (Phi) is 5.87. The Morgan fingerprint density at radius 2 is 2.00 bits per heavy atom. The summed E-state index contributed by atoms with van der Waals surface area (Å²) in [6.07, 6.45) is 2.63. The lowest BCUT2D eigenvalue weighted by Crippen LogP contribution is -2.29. The molecule has 1 heterocycles. The second-order valence-corrected chi connectivity index (χ2v) is 3.44. The SMILES string of the molecule is C=C1NCCCC1C(C)C.CC. The zero-order valence-corrected chi connectivity index (χ0v) is 8.98. The number of nitrogens with one attached hydrogen (secondary N) is 1. The quantitative estimate of drug-likeness (QED) is 0.635. The molecule has 1 atom stereocenters. The lowest BCUT2D eigenvalue weighted by Gasteiger charge is -2.28. The van der Waals surface area contributed by atoms with Crippen LogP contribution >= 0.6 is 0 Å². The minimum atomic E-state index is 0.716. The van der Waals surface area contributed by atoms with Crippen LogP contribution in [0.1, 0.15) is 40.5 Å². The molecule has 1 saturated heterocycles. The summed E-state index contributed by atoms with van der Waals surface area (Å²) >= 11 is 0. The van der Waals surface area contributed by atoms with E-state index in [-0.39, 0.29) is 0 Å². The summed E-state index contributed by atoms with van der Waals surface area (Å²) in [5.74, 6) is 1.47. The Labute approximate surface area is 77.2 Å². The Balaban J connectivity index is 0.000000561. The highest BCUT2D eigenvalue weighted by molar-refractivity contribution is 5.01. The van der Waals surface area contributed by atoms with E-state index >= 15 is 0 Å². The lowest BCUT2D eigenvalue weighted by atomic mass is 9.86. The van der Waals surface area contributed by atoms with Gasteiger partial charge in [0, 0.05) is 18.2 Å². The highest BCUT2D eigenvalue weighted by Gasteiger charge is 2.19. The van der Waals surface area contributed by atoms with E-state index < -0.39 is 0 Å². The van der Waals surface area contributed by atoms with Crippen molar-refractivity contribution in [3.63, 3.8) is 0 Å². The maximum atomic E-state index is 4.01. The van der Waals surface area contributed by atoms with Gasteiger partial charge in [0.15, 0.2) is 0 Å². The van der Waals surface area contributed by atoms with Gasteiger partial charge in [-0.2, -0.15) is 0 Å². The number of allylic oxidation sites excluding steroid dienone is 1. The first-order chi connectivity index (χ1) is 5.72. The van der Waals surface area contributed by atoms with E-state index in [1.807, 2.05) is 13.8 Å². The van der Waals surface area contributed by atoms with Crippen LogP contribution in [0, 0.1) is 11.8 Å². The lowest BCUT2D eigenvalue weighted by molar-refractivity contribution is 0.351. The molecule has 0 radical (unpaired) electrons. The van der Waals surface area contributed by atoms with Crippen LogP contribution in [0.25, 0.3) is 0 Å². The summed E-state index contributed by atoms with van der Waals surface area (Å²) in [5, 5.41) is 3.32. The van der Waals surface area contributed by atoms with Crippen molar-refractivity contribution in [2.24, 2.45) is 11.8 Å². The van der Waals surface area contributed by atoms with Crippen LogP contribution in [0.5, 0.6) is 0 Å². The van der Waals surface area contributed by atoms with Crippen LogP contribution in [0.3, 0.4) is 0 Å². The summed E-state index contributed by atoms with van der Waals surface area (Å²) in [6, 6.07) is 0. The van der Waals surface area contributed by atoms with Gasteiger partial charge in [-0.15, -0.1) is 0 Å². The average molecular weight is 169 g/mol. The van der Waals surface area contributed by atoms with Crippen molar-refractivity contribution in [1.29, 1.82) is 0 Å². The molecule has 1 rings (SSSR count). The van der Waals surface area contributed by atoms with Crippen molar-refractivity contribution in [2.45, 2.75) is 40.5 Å². The molecule has 0 bridgehead atoms. The van der Waals surface area contributed by atoms with E-state index in [2.05, 4.69) is 25.7 Å². The van der Waals surface area contributed by atoms with Crippen molar-refractivity contribution in [3.8, 4) is 0 Å². The molecule has 1 aliphatic rings. The smallest absolute Gasteiger partial charge is 0.0144 e. The molecule has 12 heavy (non-hydrogen) atoms. The van der Waals surface area contributed by atoms with Gasteiger partial charge < -0.3 is 5.32 Å². The Morgan fingerprint density at radius 3 is 2.33 bits per heavy atom. The van der Waals surface area contributed by atoms with Crippen LogP contribution in [0.4, 0.5) is 0 Å². The van der Waals surface area contributed by atoms with Gasteiger partial charge in [0.25, 0.3) is 0 Å². The maximum Gasteiger partial charge on any atom is 0.0144 e. The third kappa shape index (κ3) is 3.29. The van der Waals surface area contributed by atoms with Gasteiger partial charge in [-0.1, -0.05) is 34.3 Å². The van der Waals surface area contributed by atoms with Crippen molar-refractivity contribution in [1.82, 2.24) is 5.32 Å². The maximum absolute atomic E-state index is 4.01. The molecule has 0 saturated carbocycles. The molecule has 1 unspecified atom stereocenters. The molecule has 0 spiro atoms. The first-order valence-electron chi connectivity index (χ1n) is 5.14. The molecular weight excluding hydrogens is 146 g/mol. The molecule has 0 amide bonds. The Morgan fingerprint density at radius 1 is 1.42 bits per heavy atom. The zero-order valence-electron chi connectivity index (χ0n) is 8.98.